The number of rotatable bonds is 10. The Kier molecular flexibility index (Phi) is 7.80. The molecule has 3 aromatic rings. The van der Waals surface area contributed by atoms with Crippen LogP contribution in [-0.4, -0.2) is 110 Å². The maximum Gasteiger partial charge on any atom is 0.157 e. The maximum atomic E-state index is 5.84. The zero-order valence-electron chi connectivity index (χ0n) is 20.9. The number of aromatic nitrogens is 3. The molecule has 1 aliphatic rings. The Labute approximate surface area is 197 Å². The van der Waals surface area contributed by atoms with E-state index in [1.807, 2.05) is 6.92 Å². The molecule has 1 saturated heterocycles. The number of nitrogens with zero attached hydrogens (tertiary/aromatic N) is 7. The Bertz CT molecular complexity index is 1060. The number of hydrogen-bond acceptors (Lipinski definition) is 7. The topological polar surface area (TPSA) is 52.9 Å². The number of fused-ring (bicyclic) bond motifs is 3. The summed E-state index contributed by atoms with van der Waals surface area (Å²) >= 11 is 0. The fourth-order valence-corrected chi connectivity index (χ4v) is 4.45. The number of ether oxygens (including phenoxy) is 1. The van der Waals surface area contributed by atoms with Gasteiger partial charge in [0.25, 0.3) is 0 Å². The van der Waals surface area contributed by atoms with Gasteiger partial charge >= 0.3 is 0 Å². The summed E-state index contributed by atoms with van der Waals surface area (Å²) < 4.78 is 8.23. The highest BCUT2D eigenvalue weighted by molar-refractivity contribution is 6.07. The van der Waals surface area contributed by atoms with Crippen LogP contribution < -0.4 is 4.90 Å². The zero-order valence-corrected chi connectivity index (χ0v) is 20.9. The van der Waals surface area contributed by atoms with E-state index in [0.717, 1.165) is 80.4 Å². The molecule has 1 aromatic carbocycles. The molecule has 0 radical (unpaired) electrons. The molecule has 2 aromatic heterocycles. The highest BCUT2D eigenvalue weighted by Crippen LogP contribution is 2.32. The summed E-state index contributed by atoms with van der Waals surface area (Å²) in [5.74, 6) is 1.93. The number of imidazole rings is 1. The summed E-state index contributed by atoms with van der Waals surface area (Å²) in [6.45, 7) is 11.5. The average Bonchev–Trinajstić information content (AvgIpc) is 3.18. The van der Waals surface area contributed by atoms with Crippen molar-refractivity contribution >= 4 is 27.8 Å². The Balaban J connectivity index is 1.76. The van der Waals surface area contributed by atoms with E-state index in [-0.39, 0.29) is 0 Å². The van der Waals surface area contributed by atoms with Crippen molar-refractivity contribution in [2.24, 2.45) is 0 Å². The monoisotopic (exact) mass is 453 g/mol. The normalized spacial score (nSPS) is 15.8. The summed E-state index contributed by atoms with van der Waals surface area (Å²) in [6.07, 6.45) is 0. The van der Waals surface area contributed by atoms with Crippen molar-refractivity contribution in [3.63, 3.8) is 0 Å². The molecule has 8 heteroatoms. The van der Waals surface area contributed by atoms with Crippen LogP contribution in [0.1, 0.15) is 12.7 Å². The molecule has 0 amide bonds. The van der Waals surface area contributed by atoms with Gasteiger partial charge in [-0.3, -0.25) is 4.90 Å². The molecule has 8 nitrogen and oxygen atoms in total. The molecule has 0 unspecified atom stereocenters. The lowest BCUT2D eigenvalue weighted by Crippen LogP contribution is -2.45. The molecule has 0 saturated carbocycles. The molecule has 4 rings (SSSR count). The van der Waals surface area contributed by atoms with Gasteiger partial charge in [0, 0.05) is 71.4 Å². The number of hydrogen-bond donors (Lipinski definition) is 0. The van der Waals surface area contributed by atoms with Crippen molar-refractivity contribution in [1.82, 2.24) is 29.2 Å². The van der Waals surface area contributed by atoms with Gasteiger partial charge in [0.05, 0.1) is 11.0 Å². The molecule has 1 aliphatic heterocycles. The van der Waals surface area contributed by atoms with E-state index in [1.54, 1.807) is 0 Å². The van der Waals surface area contributed by atoms with Gasteiger partial charge in [-0.1, -0.05) is 18.2 Å². The first-order valence-electron chi connectivity index (χ1n) is 12.1. The van der Waals surface area contributed by atoms with Gasteiger partial charge < -0.3 is 24.0 Å². The van der Waals surface area contributed by atoms with Crippen molar-refractivity contribution in [2.45, 2.75) is 20.1 Å². The van der Waals surface area contributed by atoms with Crippen LogP contribution in [0.4, 0.5) is 5.82 Å². The van der Waals surface area contributed by atoms with E-state index in [2.05, 4.69) is 76.6 Å². The SMILES string of the molecule is CCOCc1nc2c(N(C)CCN(C)C)nc3ccccc3c2n1CCN1CCN(C)CC1. The average molecular weight is 454 g/mol. The predicted octanol–water partition coefficient (Wildman–Crippen LogP) is 2.37. The molecular weight excluding hydrogens is 414 g/mol. The summed E-state index contributed by atoms with van der Waals surface area (Å²) in [5.41, 5.74) is 3.17. The number of para-hydroxylation sites is 1. The van der Waals surface area contributed by atoms with Crippen molar-refractivity contribution in [2.75, 3.05) is 85.5 Å². The number of piperazine rings is 1. The molecule has 1 fully saturated rings. The summed E-state index contributed by atoms with van der Waals surface area (Å²) in [4.78, 5) is 19.6. The minimum absolute atomic E-state index is 0.517. The second kappa shape index (κ2) is 10.8. The first-order valence-corrected chi connectivity index (χ1v) is 12.1. The van der Waals surface area contributed by atoms with E-state index >= 15 is 0 Å². The van der Waals surface area contributed by atoms with Crippen LogP contribution in [0.2, 0.25) is 0 Å². The van der Waals surface area contributed by atoms with Crippen LogP contribution in [0, 0.1) is 0 Å². The lowest BCUT2D eigenvalue weighted by atomic mass is 10.1. The van der Waals surface area contributed by atoms with Gasteiger partial charge in [0.1, 0.15) is 17.9 Å². The number of anilines is 1. The van der Waals surface area contributed by atoms with E-state index in [0.29, 0.717) is 13.2 Å². The van der Waals surface area contributed by atoms with Gasteiger partial charge in [-0.15, -0.1) is 0 Å². The molecule has 180 valence electrons. The van der Waals surface area contributed by atoms with Crippen molar-refractivity contribution in [3.8, 4) is 0 Å². The van der Waals surface area contributed by atoms with Crippen molar-refractivity contribution < 1.29 is 4.74 Å². The van der Waals surface area contributed by atoms with E-state index < -0.39 is 0 Å². The summed E-state index contributed by atoms with van der Waals surface area (Å²) in [7, 11) is 8.52. The number of pyridine rings is 1. The molecule has 0 aliphatic carbocycles. The minimum atomic E-state index is 0.517. The molecule has 0 N–H and O–H groups in total. The summed E-state index contributed by atoms with van der Waals surface area (Å²) in [5, 5.41) is 1.16. The van der Waals surface area contributed by atoms with E-state index in [4.69, 9.17) is 14.7 Å². The minimum Gasteiger partial charge on any atom is -0.374 e. The largest absolute Gasteiger partial charge is 0.374 e. The fourth-order valence-electron chi connectivity index (χ4n) is 4.45. The van der Waals surface area contributed by atoms with Crippen LogP contribution in [0.15, 0.2) is 24.3 Å². The second-order valence-electron chi connectivity index (χ2n) is 9.34. The summed E-state index contributed by atoms with van der Waals surface area (Å²) in [6, 6.07) is 8.45. The Hall–Kier alpha value is -2.26. The van der Waals surface area contributed by atoms with Crippen LogP contribution in [0.5, 0.6) is 0 Å². The van der Waals surface area contributed by atoms with Gasteiger partial charge in [-0.25, -0.2) is 9.97 Å². The van der Waals surface area contributed by atoms with Crippen molar-refractivity contribution in [3.05, 3.63) is 30.1 Å². The quantitative estimate of drug-likeness (QED) is 0.467. The number of benzene rings is 1. The maximum absolute atomic E-state index is 5.84. The van der Waals surface area contributed by atoms with Gasteiger partial charge in [-0.05, 0) is 34.1 Å². The molecule has 33 heavy (non-hydrogen) atoms. The lowest BCUT2D eigenvalue weighted by Gasteiger charge is -2.32. The first kappa shape index (κ1) is 23.9. The highest BCUT2D eigenvalue weighted by atomic mass is 16.5. The van der Waals surface area contributed by atoms with Crippen LogP contribution >= 0.6 is 0 Å². The predicted molar refractivity (Wildman–Crippen MR) is 136 cm³/mol. The highest BCUT2D eigenvalue weighted by Gasteiger charge is 2.21. The third-order valence-corrected chi connectivity index (χ3v) is 6.56. The van der Waals surface area contributed by atoms with Gasteiger partial charge in [0.2, 0.25) is 0 Å². The third kappa shape index (κ3) is 5.46. The van der Waals surface area contributed by atoms with Crippen LogP contribution in [0.25, 0.3) is 21.9 Å². The standard InChI is InChI=1S/C25H39N7O/c1-6-33-19-22-27-23-24(32(22)18-17-31-15-12-29(4)13-16-31)20-9-7-8-10-21(20)26-25(23)30(5)14-11-28(2)3/h7-10H,6,11-19H2,1-5H3. The molecule has 0 bridgehead atoms. The Morgan fingerprint density at radius 1 is 0.970 bits per heavy atom. The third-order valence-electron chi connectivity index (χ3n) is 6.56. The smallest absolute Gasteiger partial charge is 0.157 e. The number of likely N-dealkylation sites (N-methyl/N-ethyl adjacent to an activating group) is 3. The fraction of sp³-hybridized carbons (Fsp3) is 0.600. The van der Waals surface area contributed by atoms with Gasteiger partial charge in [-0.2, -0.15) is 0 Å². The van der Waals surface area contributed by atoms with Crippen LogP contribution in [-0.2, 0) is 17.9 Å². The van der Waals surface area contributed by atoms with Gasteiger partial charge in [0.15, 0.2) is 5.82 Å². The lowest BCUT2D eigenvalue weighted by molar-refractivity contribution is 0.123. The second-order valence-corrected chi connectivity index (χ2v) is 9.34. The molecule has 3 heterocycles. The van der Waals surface area contributed by atoms with Crippen LogP contribution in [0.3, 0.4) is 0 Å². The first-order chi connectivity index (χ1) is 16.0. The van der Waals surface area contributed by atoms with E-state index in [1.165, 1.54) is 5.52 Å². The molecule has 0 spiro atoms. The van der Waals surface area contributed by atoms with E-state index in [9.17, 15) is 0 Å². The Morgan fingerprint density at radius 2 is 1.73 bits per heavy atom. The molecule has 0 atom stereocenters. The molecular formula is C25H39N7O. The zero-order chi connectivity index (χ0) is 23.4. The Morgan fingerprint density at radius 3 is 2.45 bits per heavy atom. The van der Waals surface area contributed by atoms with Crippen molar-refractivity contribution in [1.29, 1.82) is 0 Å².